The van der Waals surface area contributed by atoms with E-state index in [-0.39, 0.29) is 0 Å². The smallest absolute Gasteiger partial charge is 0.141 e. The standard InChI is InChI=1S/C15H21N3S/c1-4-18(5-2)14-13-11-8-10(3)6-7-12(11)19-15(13)17-9-16-14/h9-10H,4-8H2,1-3H3. The van der Waals surface area contributed by atoms with Crippen LogP contribution in [0.25, 0.3) is 10.2 Å². The number of aryl methyl sites for hydroxylation is 1. The first-order valence-electron chi connectivity index (χ1n) is 7.24. The molecule has 0 N–H and O–H groups in total. The zero-order valence-electron chi connectivity index (χ0n) is 11.9. The van der Waals surface area contributed by atoms with Crippen LogP contribution in [0.4, 0.5) is 5.82 Å². The number of hydrogen-bond donors (Lipinski definition) is 0. The molecule has 1 unspecified atom stereocenters. The number of rotatable bonds is 3. The van der Waals surface area contributed by atoms with Crippen LogP contribution in [0.1, 0.15) is 37.6 Å². The summed E-state index contributed by atoms with van der Waals surface area (Å²) in [5, 5.41) is 1.33. The first kappa shape index (κ1) is 12.9. The maximum absolute atomic E-state index is 4.58. The lowest BCUT2D eigenvalue weighted by Crippen LogP contribution is -2.23. The number of thiophene rings is 1. The van der Waals surface area contributed by atoms with Gasteiger partial charge in [-0.25, -0.2) is 9.97 Å². The van der Waals surface area contributed by atoms with Gasteiger partial charge in [0.05, 0.1) is 5.39 Å². The fourth-order valence-corrected chi connectivity index (χ4v) is 4.21. The summed E-state index contributed by atoms with van der Waals surface area (Å²) in [7, 11) is 0. The van der Waals surface area contributed by atoms with Gasteiger partial charge in [0.25, 0.3) is 0 Å². The van der Waals surface area contributed by atoms with Gasteiger partial charge in [-0.3, -0.25) is 0 Å². The van der Waals surface area contributed by atoms with Crippen LogP contribution in [0.15, 0.2) is 6.33 Å². The summed E-state index contributed by atoms with van der Waals surface area (Å²) in [5.41, 5.74) is 1.53. The lowest BCUT2D eigenvalue weighted by molar-refractivity contribution is 0.508. The van der Waals surface area contributed by atoms with Gasteiger partial charge in [-0.2, -0.15) is 0 Å². The second-order valence-electron chi connectivity index (χ2n) is 5.40. The van der Waals surface area contributed by atoms with Gasteiger partial charge in [0.2, 0.25) is 0 Å². The van der Waals surface area contributed by atoms with Gasteiger partial charge in [-0.05, 0) is 44.6 Å². The highest BCUT2D eigenvalue weighted by Crippen LogP contribution is 2.40. The van der Waals surface area contributed by atoms with Crippen LogP contribution in [0, 0.1) is 5.92 Å². The molecule has 2 aromatic heterocycles. The Balaban J connectivity index is 2.20. The molecule has 0 aliphatic heterocycles. The zero-order valence-corrected chi connectivity index (χ0v) is 12.8. The fraction of sp³-hybridized carbons (Fsp3) is 0.600. The molecule has 1 aliphatic rings. The largest absolute Gasteiger partial charge is 0.357 e. The molecule has 0 saturated carbocycles. The summed E-state index contributed by atoms with van der Waals surface area (Å²) in [5.74, 6) is 1.93. The van der Waals surface area contributed by atoms with Crippen LogP contribution in [0.5, 0.6) is 0 Å². The van der Waals surface area contributed by atoms with Gasteiger partial charge in [0.15, 0.2) is 0 Å². The van der Waals surface area contributed by atoms with Gasteiger partial charge >= 0.3 is 0 Å². The zero-order chi connectivity index (χ0) is 13.4. The Morgan fingerprint density at radius 3 is 2.84 bits per heavy atom. The molecular formula is C15H21N3S. The highest BCUT2D eigenvalue weighted by molar-refractivity contribution is 7.19. The first-order valence-corrected chi connectivity index (χ1v) is 8.06. The molecule has 102 valence electrons. The van der Waals surface area contributed by atoms with Gasteiger partial charge < -0.3 is 4.90 Å². The summed E-state index contributed by atoms with van der Waals surface area (Å²) < 4.78 is 0. The third kappa shape index (κ3) is 2.12. The lowest BCUT2D eigenvalue weighted by Gasteiger charge is -2.23. The minimum Gasteiger partial charge on any atom is -0.357 e. The fourth-order valence-electron chi connectivity index (χ4n) is 3.03. The van der Waals surface area contributed by atoms with E-state index in [1.54, 1.807) is 11.2 Å². The van der Waals surface area contributed by atoms with Crippen LogP contribution in [-0.2, 0) is 12.8 Å². The van der Waals surface area contributed by atoms with Crippen molar-refractivity contribution in [2.75, 3.05) is 18.0 Å². The maximum atomic E-state index is 4.58. The first-order chi connectivity index (χ1) is 9.24. The monoisotopic (exact) mass is 275 g/mol. The molecule has 2 aromatic rings. The average Bonchev–Trinajstić information content (AvgIpc) is 2.78. The number of anilines is 1. The molecule has 3 nitrogen and oxygen atoms in total. The van der Waals surface area contributed by atoms with Crippen molar-refractivity contribution < 1.29 is 0 Å². The number of fused-ring (bicyclic) bond motifs is 3. The van der Waals surface area contributed by atoms with Crippen molar-refractivity contribution in [1.82, 2.24) is 9.97 Å². The molecule has 0 amide bonds. The summed E-state index contributed by atoms with van der Waals surface area (Å²) in [6, 6.07) is 0. The van der Waals surface area contributed by atoms with E-state index < -0.39 is 0 Å². The molecule has 0 spiro atoms. The Kier molecular flexibility index (Phi) is 3.44. The minimum absolute atomic E-state index is 0.787. The SMILES string of the molecule is CCN(CC)c1ncnc2sc3c(c12)CC(C)CC3. The molecule has 1 atom stereocenters. The van der Waals surface area contributed by atoms with Crippen molar-refractivity contribution >= 4 is 27.4 Å². The van der Waals surface area contributed by atoms with Crippen LogP contribution in [0.2, 0.25) is 0 Å². The second-order valence-corrected chi connectivity index (χ2v) is 6.49. The van der Waals surface area contributed by atoms with E-state index in [2.05, 4.69) is 35.6 Å². The molecule has 19 heavy (non-hydrogen) atoms. The van der Waals surface area contributed by atoms with Crippen LogP contribution in [0.3, 0.4) is 0 Å². The summed E-state index contributed by atoms with van der Waals surface area (Å²) in [6.07, 6.45) is 5.45. The number of nitrogens with zero attached hydrogens (tertiary/aromatic N) is 3. The van der Waals surface area contributed by atoms with Gasteiger partial charge in [-0.1, -0.05) is 6.92 Å². The maximum Gasteiger partial charge on any atom is 0.141 e. The van der Waals surface area contributed by atoms with E-state index >= 15 is 0 Å². The summed E-state index contributed by atoms with van der Waals surface area (Å²) in [6.45, 7) is 8.75. The van der Waals surface area contributed by atoms with E-state index in [1.807, 2.05) is 11.3 Å². The topological polar surface area (TPSA) is 29.0 Å². The van der Waals surface area contributed by atoms with Crippen molar-refractivity contribution in [3.05, 3.63) is 16.8 Å². The predicted molar refractivity (Wildman–Crippen MR) is 82.2 cm³/mol. The summed E-state index contributed by atoms with van der Waals surface area (Å²) >= 11 is 1.88. The average molecular weight is 275 g/mol. The number of aromatic nitrogens is 2. The molecule has 1 aliphatic carbocycles. The Bertz CT molecular complexity index is 586. The highest BCUT2D eigenvalue weighted by Gasteiger charge is 2.24. The second kappa shape index (κ2) is 5.08. The van der Waals surface area contributed by atoms with Crippen LogP contribution < -0.4 is 4.90 Å². The van der Waals surface area contributed by atoms with Crippen molar-refractivity contribution in [2.45, 2.75) is 40.0 Å². The lowest BCUT2D eigenvalue weighted by atomic mass is 9.88. The Morgan fingerprint density at radius 1 is 1.32 bits per heavy atom. The molecular weight excluding hydrogens is 254 g/mol. The quantitative estimate of drug-likeness (QED) is 0.856. The Hall–Kier alpha value is -1.16. The number of hydrogen-bond acceptors (Lipinski definition) is 4. The van der Waals surface area contributed by atoms with Crippen molar-refractivity contribution in [2.24, 2.45) is 5.92 Å². The highest BCUT2D eigenvalue weighted by atomic mass is 32.1. The third-order valence-corrected chi connectivity index (χ3v) is 5.33. The van der Waals surface area contributed by atoms with Crippen LogP contribution >= 0.6 is 11.3 Å². The Labute approximate surface area is 118 Å². The van der Waals surface area contributed by atoms with Gasteiger partial charge in [-0.15, -0.1) is 11.3 Å². The van der Waals surface area contributed by atoms with Gasteiger partial charge in [0.1, 0.15) is 17.0 Å². The molecule has 0 bridgehead atoms. The molecule has 0 saturated heterocycles. The molecule has 0 radical (unpaired) electrons. The Morgan fingerprint density at radius 2 is 2.11 bits per heavy atom. The van der Waals surface area contributed by atoms with E-state index in [0.717, 1.165) is 24.8 Å². The molecule has 0 aromatic carbocycles. The minimum atomic E-state index is 0.787. The van der Waals surface area contributed by atoms with E-state index in [9.17, 15) is 0 Å². The van der Waals surface area contributed by atoms with Crippen LogP contribution in [-0.4, -0.2) is 23.1 Å². The van der Waals surface area contributed by atoms with E-state index in [1.165, 1.54) is 35.0 Å². The molecule has 2 heterocycles. The molecule has 3 rings (SSSR count). The van der Waals surface area contributed by atoms with Crippen molar-refractivity contribution in [1.29, 1.82) is 0 Å². The van der Waals surface area contributed by atoms with Crippen molar-refractivity contribution in [3.63, 3.8) is 0 Å². The van der Waals surface area contributed by atoms with E-state index in [0.29, 0.717) is 0 Å². The van der Waals surface area contributed by atoms with E-state index in [4.69, 9.17) is 0 Å². The normalized spacial score (nSPS) is 18.6. The third-order valence-electron chi connectivity index (χ3n) is 4.13. The predicted octanol–water partition coefficient (Wildman–Crippen LogP) is 3.66. The summed E-state index contributed by atoms with van der Waals surface area (Å²) in [4.78, 5) is 14.1. The molecule has 4 heteroatoms. The van der Waals surface area contributed by atoms with Crippen molar-refractivity contribution in [3.8, 4) is 0 Å². The van der Waals surface area contributed by atoms with Gasteiger partial charge in [0, 0.05) is 18.0 Å². The molecule has 0 fully saturated rings.